The summed E-state index contributed by atoms with van der Waals surface area (Å²) in [5.41, 5.74) is 0.943. The monoisotopic (exact) mass is 377 g/mol. The van der Waals surface area contributed by atoms with Crippen molar-refractivity contribution < 1.29 is 4.52 Å². The van der Waals surface area contributed by atoms with E-state index < -0.39 is 0 Å². The Labute approximate surface area is 141 Å². The molecule has 6 heteroatoms. The van der Waals surface area contributed by atoms with Crippen molar-refractivity contribution in [3.8, 4) is 11.4 Å². The first-order valence-corrected chi connectivity index (χ1v) is 8.63. The topological polar surface area (TPSA) is 42.2 Å². The number of nitrogens with zero attached hydrogens (tertiary/aromatic N) is 3. The van der Waals surface area contributed by atoms with Crippen LogP contribution >= 0.6 is 27.3 Å². The lowest BCUT2D eigenvalue weighted by Crippen LogP contribution is -2.21. The minimum Gasteiger partial charge on any atom is -0.338 e. The van der Waals surface area contributed by atoms with Crippen LogP contribution in [-0.2, 0) is 6.54 Å². The summed E-state index contributed by atoms with van der Waals surface area (Å²) in [5.74, 6) is 1.24. The predicted octanol–water partition coefficient (Wildman–Crippen LogP) is 4.75. The standard InChI is InChI=1S/C16H16BrN3OS/c1-11(14-7-4-8-22-14)20(2)10-15-18-16(19-21-15)12-5-3-6-13(17)9-12/h3-9,11H,10H2,1-2H3. The summed E-state index contributed by atoms with van der Waals surface area (Å²) in [6, 6.07) is 12.4. The summed E-state index contributed by atoms with van der Waals surface area (Å²) in [6.45, 7) is 2.80. The summed E-state index contributed by atoms with van der Waals surface area (Å²) < 4.78 is 6.38. The normalized spacial score (nSPS) is 12.7. The first-order chi connectivity index (χ1) is 10.6. The Bertz CT molecular complexity index is 741. The van der Waals surface area contributed by atoms with Gasteiger partial charge in [0.2, 0.25) is 11.7 Å². The van der Waals surface area contributed by atoms with E-state index in [1.807, 2.05) is 24.3 Å². The van der Waals surface area contributed by atoms with E-state index in [0.29, 0.717) is 24.3 Å². The fraction of sp³-hybridized carbons (Fsp3) is 0.250. The van der Waals surface area contributed by atoms with Crippen molar-refractivity contribution in [3.63, 3.8) is 0 Å². The number of aromatic nitrogens is 2. The fourth-order valence-corrected chi connectivity index (χ4v) is 3.41. The molecule has 0 radical (unpaired) electrons. The lowest BCUT2D eigenvalue weighted by Gasteiger charge is -2.21. The van der Waals surface area contributed by atoms with E-state index in [0.717, 1.165) is 10.0 Å². The van der Waals surface area contributed by atoms with Crippen LogP contribution in [-0.4, -0.2) is 22.1 Å². The maximum absolute atomic E-state index is 5.38. The zero-order valence-corrected chi connectivity index (χ0v) is 14.8. The van der Waals surface area contributed by atoms with E-state index in [2.05, 4.69) is 62.5 Å². The molecule has 1 atom stereocenters. The second-order valence-electron chi connectivity index (χ2n) is 5.13. The third-order valence-corrected chi connectivity index (χ3v) is 5.09. The van der Waals surface area contributed by atoms with Crippen LogP contribution in [0.4, 0.5) is 0 Å². The molecule has 114 valence electrons. The number of benzene rings is 1. The molecule has 0 fully saturated rings. The molecule has 0 amide bonds. The average molecular weight is 378 g/mol. The molecule has 22 heavy (non-hydrogen) atoms. The van der Waals surface area contributed by atoms with Crippen LogP contribution in [0.3, 0.4) is 0 Å². The predicted molar refractivity (Wildman–Crippen MR) is 91.6 cm³/mol. The Kier molecular flexibility index (Phi) is 4.71. The van der Waals surface area contributed by atoms with E-state index in [4.69, 9.17) is 4.52 Å². The molecule has 0 saturated carbocycles. The van der Waals surface area contributed by atoms with Gasteiger partial charge in [-0.05, 0) is 37.6 Å². The molecule has 0 bridgehead atoms. The molecule has 0 N–H and O–H groups in total. The van der Waals surface area contributed by atoms with Crippen LogP contribution in [0.2, 0.25) is 0 Å². The van der Waals surface area contributed by atoms with Crippen molar-refractivity contribution in [2.45, 2.75) is 19.5 Å². The van der Waals surface area contributed by atoms with Gasteiger partial charge >= 0.3 is 0 Å². The number of thiophene rings is 1. The molecule has 0 aliphatic heterocycles. The Balaban J connectivity index is 1.71. The number of hydrogen-bond donors (Lipinski definition) is 0. The Morgan fingerprint density at radius 1 is 1.32 bits per heavy atom. The van der Waals surface area contributed by atoms with Gasteiger partial charge in [0.15, 0.2) is 0 Å². The van der Waals surface area contributed by atoms with Crippen LogP contribution in [0.25, 0.3) is 11.4 Å². The van der Waals surface area contributed by atoms with E-state index in [1.54, 1.807) is 11.3 Å². The Morgan fingerprint density at radius 3 is 2.91 bits per heavy atom. The second-order valence-corrected chi connectivity index (χ2v) is 7.02. The Morgan fingerprint density at radius 2 is 2.18 bits per heavy atom. The highest BCUT2D eigenvalue weighted by Crippen LogP contribution is 2.25. The van der Waals surface area contributed by atoms with Crippen LogP contribution in [0, 0.1) is 0 Å². The van der Waals surface area contributed by atoms with Gasteiger partial charge in [0.25, 0.3) is 0 Å². The minimum absolute atomic E-state index is 0.321. The van der Waals surface area contributed by atoms with Crippen molar-refractivity contribution in [1.29, 1.82) is 0 Å². The highest BCUT2D eigenvalue weighted by atomic mass is 79.9. The molecule has 2 heterocycles. The first kappa shape index (κ1) is 15.4. The van der Waals surface area contributed by atoms with Crippen molar-refractivity contribution in [2.24, 2.45) is 0 Å². The highest BCUT2D eigenvalue weighted by molar-refractivity contribution is 9.10. The third kappa shape index (κ3) is 3.45. The molecule has 0 aliphatic carbocycles. The van der Waals surface area contributed by atoms with Gasteiger partial charge in [0.05, 0.1) is 6.54 Å². The minimum atomic E-state index is 0.321. The van der Waals surface area contributed by atoms with Gasteiger partial charge in [-0.2, -0.15) is 4.98 Å². The van der Waals surface area contributed by atoms with Crippen LogP contribution in [0.1, 0.15) is 23.7 Å². The van der Waals surface area contributed by atoms with E-state index in [1.165, 1.54) is 4.88 Å². The van der Waals surface area contributed by atoms with Crippen LogP contribution in [0.5, 0.6) is 0 Å². The van der Waals surface area contributed by atoms with Crippen molar-refractivity contribution in [2.75, 3.05) is 7.05 Å². The first-order valence-electron chi connectivity index (χ1n) is 6.95. The van der Waals surface area contributed by atoms with Crippen molar-refractivity contribution in [3.05, 3.63) is 57.0 Å². The van der Waals surface area contributed by atoms with Crippen LogP contribution < -0.4 is 0 Å². The van der Waals surface area contributed by atoms with Gasteiger partial charge in [0.1, 0.15) is 0 Å². The molecule has 1 unspecified atom stereocenters. The number of hydrogen-bond acceptors (Lipinski definition) is 5. The molecule has 4 nitrogen and oxygen atoms in total. The zero-order valence-electron chi connectivity index (χ0n) is 12.4. The summed E-state index contributed by atoms with van der Waals surface area (Å²) in [5, 5.41) is 6.17. The van der Waals surface area contributed by atoms with E-state index >= 15 is 0 Å². The number of rotatable bonds is 5. The van der Waals surface area contributed by atoms with Gasteiger partial charge in [-0.15, -0.1) is 11.3 Å². The average Bonchev–Trinajstić information content (AvgIpc) is 3.18. The fourth-order valence-electron chi connectivity index (χ4n) is 2.16. The molecule has 3 rings (SSSR count). The SMILES string of the molecule is CC(c1cccs1)N(C)Cc1nc(-c2cccc(Br)c2)no1. The summed E-state index contributed by atoms with van der Waals surface area (Å²) in [7, 11) is 2.06. The zero-order chi connectivity index (χ0) is 15.5. The molecule has 0 spiro atoms. The van der Waals surface area contributed by atoms with Gasteiger partial charge < -0.3 is 4.52 Å². The van der Waals surface area contributed by atoms with E-state index in [-0.39, 0.29) is 0 Å². The Hall–Kier alpha value is -1.50. The maximum atomic E-state index is 5.38. The smallest absolute Gasteiger partial charge is 0.241 e. The quantitative estimate of drug-likeness (QED) is 0.642. The summed E-state index contributed by atoms with van der Waals surface area (Å²) in [6.07, 6.45) is 0. The molecule has 0 aliphatic rings. The second kappa shape index (κ2) is 6.73. The summed E-state index contributed by atoms with van der Waals surface area (Å²) in [4.78, 5) is 8.01. The van der Waals surface area contributed by atoms with E-state index in [9.17, 15) is 0 Å². The maximum Gasteiger partial charge on any atom is 0.241 e. The lowest BCUT2D eigenvalue weighted by atomic mass is 10.2. The largest absolute Gasteiger partial charge is 0.338 e. The highest BCUT2D eigenvalue weighted by Gasteiger charge is 2.16. The molecular weight excluding hydrogens is 362 g/mol. The lowest BCUT2D eigenvalue weighted by molar-refractivity contribution is 0.219. The molecule has 3 aromatic rings. The van der Waals surface area contributed by atoms with Gasteiger partial charge in [-0.3, -0.25) is 4.90 Å². The van der Waals surface area contributed by atoms with Gasteiger partial charge in [0, 0.05) is 21.0 Å². The molecule has 2 aromatic heterocycles. The summed E-state index contributed by atoms with van der Waals surface area (Å²) >= 11 is 5.21. The number of halogens is 1. The third-order valence-electron chi connectivity index (χ3n) is 3.55. The van der Waals surface area contributed by atoms with Crippen molar-refractivity contribution >= 4 is 27.3 Å². The van der Waals surface area contributed by atoms with Crippen LogP contribution in [0.15, 0.2) is 50.8 Å². The molecular formula is C16H16BrN3OS. The molecule has 0 saturated heterocycles. The van der Waals surface area contributed by atoms with Gasteiger partial charge in [-0.25, -0.2) is 0 Å². The van der Waals surface area contributed by atoms with Gasteiger partial charge in [-0.1, -0.05) is 39.3 Å². The molecule has 1 aromatic carbocycles. The van der Waals surface area contributed by atoms with Crippen molar-refractivity contribution in [1.82, 2.24) is 15.0 Å².